The highest BCUT2D eigenvalue weighted by Gasteiger charge is 2.28. The van der Waals surface area contributed by atoms with Gasteiger partial charge in [0.15, 0.2) is 0 Å². The second-order valence-electron chi connectivity index (χ2n) is 4.11. The van der Waals surface area contributed by atoms with Crippen LogP contribution in [-0.2, 0) is 9.59 Å². The summed E-state index contributed by atoms with van der Waals surface area (Å²) < 4.78 is 0. The lowest BCUT2D eigenvalue weighted by molar-refractivity contribution is -0.136. The molecule has 0 aromatic heterocycles. The molecule has 84 valence electrons. The summed E-state index contributed by atoms with van der Waals surface area (Å²) in [5.74, 6) is 0.0448. The van der Waals surface area contributed by atoms with Crippen molar-refractivity contribution >= 4 is 11.8 Å². The summed E-state index contributed by atoms with van der Waals surface area (Å²) in [5.41, 5.74) is 0. The second kappa shape index (κ2) is 4.61. The van der Waals surface area contributed by atoms with Crippen LogP contribution in [0.15, 0.2) is 0 Å². The maximum Gasteiger partial charge on any atom is 0.240 e. The summed E-state index contributed by atoms with van der Waals surface area (Å²) in [6, 6.07) is -0.0594. The average Bonchev–Trinajstić information content (AvgIpc) is 2.67. The highest BCUT2D eigenvalue weighted by atomic mass is 16.2. The van der Waals surface area contributed by atoms with Crippen LogP contribution >= 0.6 is 0 Å². The molecule has 2 aliphatic rings. The van der Waals surface area contributed by atoms with Crippen LogP contribution in [0.25, 0.3) is 0 Å². The van der Waals surface area contributed by atoms with Gasteiger partial charge in [0.1, 0.15) is 0 Å². The van der Waals surface area contributed by atoms with Crippen LogP contribution in [0.3, 0.4) is 0 Å². The third-order valence-corrected chi connectivity index (χ3v) is 2.93. The Morgan fingerprint density at radius 3 is 2.93 bits per heavy atom. The van der Waals surface area contributed by atoms with E-state index in [2.05, 4.69) is 10.6 Å². The Labute approximate surface area is 89.2 Å². The van der Waals surface area contributed by atoms with Crippen LogP contribution in [0.2, 0.25) is 0 Å². The Morgan fingerprint density at radius 2 is 2.20 bits per heavy atom. The zero-order chi connectivity index (χ0) is 10.7. The molecule has 0 aromatic rings. The van der Waals surface area contributed by atoms with Gasteiger partial charge in [0, 0.05) is 13.1 Å². The highest BCUT2D eigenvalue weighted by Crippen LogP contribution is 2.09. The van der Waals surface area contributed by atoms with Gasteiger partial charge in [0.05, 0.1) is 12.6 Å². The van der Waals surface area contributed by atoms with Crippen LogP contribution in [0.5, 0.6) is 0 Å². The molecule has 0 radical (unpaired) electrons. The molecule has 2 rings (SSSR count). The molecule has 5 nitrogen and oxygen atoms in total. The first kappa shape index (κ1) is 10.4. The summed E-state index contributed by atoms with van der Waals surface area (Å²) in [4.78, 5) is 24.9. The molecule has 1 atom stereocenters. The number of carbonyl (C=O) groups excluding carboxylic acids is 2. The fraction of sp³-hybridized carbons (Fsp3) is 0.800. The van der Waals surface area contributed by atoms with Crippen molar-refractivity contribution in [2.45, 2.75) is 25.3 Å². The number of hydrogen-bond acceptors (Lipinski definition) is 3. The summed E-state index contributed by atoms with van der Waals surface area (Å²) in [7, 11) is 0. The molecular formula is C10H17N3O2. The maximum absolute atomic E-state index is 12.0. The summed E-state index contributed by atoms with van der Waals surface area (Å²) >= 11 is 0. The summed E-state index contributed by atoms with van der Waals surface area (Å²) in [6.45, 7) is 2.50. The SMILES string of the molecule is O=C1CN(C(=O)C2CCCN2)CCCN1. The Bertz CT molecular complexity index is 261. The number of nitrogens with one attached hydrogen (secondary N) is 2. The van der Waals surface area contributed by atoms with E-state index in [0.717, 1.165) is 25.8 Å². The first-order valence-electron chi connectivity index (χ1n) is 5.56. The maximum atomic E-state index is 12.0. The lowest BCUT2D eigenvalue weighted by atomic mass is 10.2. The van der Waals surface area contributed by atoms with E-state index in [4.69, 9.17) is 0 Å². The molecule has 1 unspecified atom stereocenters. The van der Waals surface area contributed by atoms with Crippen molar-refractivity contribution in [3.05, 3.63) is 0 Å². The highest BCUT2D eigenvalue weighted by molar-refractivity contribution is 5.88. The number of hydrogen-bond donors (Lipinski definition) is 2. The fourth-order valence-electron chi connectivity index (χ4n) is 2.11. The molecule has 0 saturated carbocycles. The quantitative estimate of drug-likeness (QED) is 0.590. The van der Waals surface area contributed by atoms with Gasteiger partial charge in [-0.3, -0.25) is 9.59 Å². The van der Waals surface area contributed by atoms with E-state index in [0.29, 0.717) is 13.1 Å². The molecule has 2 heterocycles. The predicted molar refractivity (Wildman–Crippen MR) is 55.2 cm³/mol. The van der Waals surface area contributed by atoms with Gasteiger partial charge in [-0.05, 0) is 25.8 Å². The van der Waals surface area contributed by atoms with E-state index in [1.165, 1.54) is 0 Å². The summed E-state index contributed by atoms with van der Waals surface area (Å²) in [6.07, 6.45) is 2.80. The molecule has 0 aliphatic carbocycles. The number of rotatable bonds is 1. The molecule has 0 bridgehead atoms. The number of nitrogens with zero attached hydrogens (tertiary/aromatic N) is 1. The topological polar surface area (TPSA) is 61.4 Å². The van der Waals surface area contributed by atoms with Crippen LogP contribution in [0, 0.1) is 0 Å². The third kappa shape index (κ3) is 2.47. The first-order valence-corrected chi connectivity index (χ1v) is 5.56. The van der Waals surface area contributed by atoms with Gasteiger partial charge in [0.2, 0.25) is 11.8 Å². The Hall–Kier alpha value is -1.10. The normalized spacial score (nSPS) is 27.3. The minimum atomic E-state index is -0.0594. The van der Waals surface area contributed by atoms with Gasteiger partial charge in [-0.15, -0.1) is 0 Å². The van der Waals surface area contributed by atoms with Gasteiger partial charge in [-0.1, -0.05) is 0 Å². The minimum absolute atomic E-state index is 0.0427. The van der Waals surface area contributed by atoms with Crippen molar-refractivity contribution in [3.8, 4) is 0 Å². The standard InChI is InChI=1S/C10H17N3O2/c14-9-7-13(6-2-5-12-9)10(15)8-3-1-4-11-8/h8,11H,1-7H2,(H,12,14). The Kier molecular flexibility index (Phi) is 3.20. The Morgan fingerprint density at radius 1 is 1.33 bits per heavy atom. The van der Waals surface area contributed by atoms with E-state index in [-0.39, 0.29) is 24.4 Å². The summed E-state index contributed by atoms with van der Waals surface area (Å²) in [5, 5.41) is 5.93. The molecule has 5 heteroatoms. The van der Waals surface area contributed by atoms with Crippen molar-refractivity contribution in [1.29, 1.82) is 0 Å². The largest absolute Gasteiger partial charge is 0.354 e. The second-order valence-corrected chi connectivity index (χ2v) is 4.11. The smallest absolute Gasteiger partial charge is 0.240 e. The molecule has 2 saturated heterocycles. The molecule has 2 fully saturated rings. The van der Waals surface area contributed by atoms with E-state index in [1.54, 1.807) is 4.90 Å². The van der Waals surface area contributed by atoms with Gasteiger partial charge < -0.3 is 15.5 Å². The fourth-order valence-corrected chi connectivity index (χ4v) is 2.11. The Balaban J connectivity index is 1.95. The van der Waals surface area contributed by atoms with Gasteiger partial charge in [0.25, 0.3) is 0 Å². The molecule has 0 aromatic carbocycles. The van der Waals surface area contributed by atoms with E-state index in [1.807, 2.05) is 0 Å². The molecule has 2 N–H and O–H groups in total. The molecular weight excluding hydrogens is 194 g/mol. The molecule has 15 heavy (non-hydrogen) atoms. The third-order valence-electron chi connectivity index (χ3n) is 2.93. The van der Waals surface area contributed by atoms with Crippen molar-refractivity contribution in [2.24, 2.45) is 0 Å². The predicted octanol–water partition coefficient (Wildman–Crippen LogP) is -0.913. The van der Waals surface area contributed by atoms with Gasteiger partial charge in [-0.2, -0.15) is 0 Å². The van der Waals surface area contributed by atoms with Crippen LogP contribution in [0.4, 0.5) is 0 Å². The zero-order valence-corrected chi connectivity index (χ0v) is 8.79. The monoisotopic (exact) mass is 211 g/mol. The average molecular weight is 211 g/mol. The van der Waals surface area contributed by atoms with Crippen LogP contribution in [-0.4, -0.2) is 48.9 Å². The first-order chi connectivity index (χ1) is 7.27. The van der Waals surface area contributed by atoms with Gasteiger partial charge in [-0.25, -0.2) is 0 Å². The van der Waals surface area contributed by atoms with Gasteiger partial charge >= 0.3 is 0 Å². The van der Waals surface area contributed by atoms with E-state index >= 15 is 0 Å². The number of carbonyl (C=O) groups is 2. The zero-order valence-electron chi connectivity index (χ0n) is 8.79. The van der Waals surface area contributed by atoms with Crippen molar-refractivity contribution in [1.82, 2.24) is 15.5 Å². The van der Waals surface area contributed by atoms with E-state index in [9.17, 15) is 9.59 Å². The van der Waals surface area contributed by atoms with Crippen LogP contribution in [0.1, 0.15) is 19.3 Å². The number of amides is 2. The molecule has 2 amide bonds. The van der Waals surface area contributed by atoms with Crippen molar-refractivity contribution in [3.63, 3.8) is 0 Å². The van der Waals surface area contributed by atoms with Crippen molar-refractivity contribution in [2.75, 3.05) is 26.2 Å². The molecule has 2 aliphatic heterocycles. The van der Waals surface area contributed by atoms with Crippen molar-refractivity contribution < 1.29 is 9.59 Å². The molecule has 0 spiro atoms. The minimum Gasteiger partial charge on any atom is -0.354 e. The lowest BCUT2D eigenvalue weighted by Gasteiger charge is -2.22. The lowest BCUT2D eigenvalue weighted by Crippen LogP contribution is -2.46. The van der Waals surface area contributed by atoms with Crippen LogP contribution < -0.4 is 10.6 Å². The van der Waals surface area contributed by atoms with E-state index < -0.39 is 0 Å².